The summed E-state index contributed by atoms with van der Waals surface area (Å²) in [6, 6.07) is 0. The Hall–Kier alpha value is -2.18. The van der Waals surface area contributed by atoms with Crippen molar-refractivity contribution in [3.8, 4) is 0 Å². The van der Waals surface area contributed by atoms with Crippen LogP contribution in [0.15, 0.2) is 12.4 Å². The molecule has 1 rings (SSSR count). The highest BCUT2D eigenvalue weighted by Crippen LogP contribution is 2.11. The quantitative estimate of drug-likeness (QED) is 0.654. The van der Waals surface area contributed by atoms with Crippen LogP contribution in [0, 0.1) is 0 Å². The third kappa shape index (κ3) is 2.66. The molecular weight excluding hydrogens is 212 g/mol. The lowest BCUT2D eigenvalue weighted by atomic mass is 10.1. The number of nitrogens with two attached hydrogens (primary N) is 1. The van der Waals surface area contributed by atoms with Crippen molar-refractivity contribution in [2.24, 2.45) is 5.73 Å². The zero-order valence-electron chi connectivity index (χ0n) is 8.89. The van der Waals surface area contributed by atoms with Crippen LogP contribution in [-0.4, -0.2) is 32.5 Å². The smallest absolute Gasteiger partial charge is 0.356 e. The standard InChI is InChI=1S/C9H12N4O3/c1-9(2,8(10)16)13-6-4-11-3-5(12-6)7(14)15/h3-4H,1-2H3,(H2,10,16)(H,12,13)(H,14,15). The molecule has 0 fully saturated rings. The molecule has 0 atom stereocenters. The lowest BCUT2D eigenvalue weighted by molar-refractivity contribution is -0.121. The largest absolute Gasteiger partial charge is 0.476 e. The van der Waals surface area contributed by atoms with E-state index in [1.807, 2.05) is 0 Å². The molecule has 1 heterocycles. The van der Waals surface area contributed by atoms with Crippen LogP contribution in [0.1, 0.15) is 24.3 Å². The van der Waals surface area contributed by atoms with Crippen molar-refractivity contribution in [2.45, 2.75) is 19.4 Å². The molecule has 7 heteroatoms. The first-order chi connectivity index (χ1) is 7.33. The van der Waals surface area contributed by atoms with E-state index < -0.39 is 17.4 Å². The highest BCUT2D eigenvalue weighted by molar-refractivity contribution is 5.87. The molecule has 1 amide bonds. The third-order valence-electron chi connectivity index (χ3n) is 1.91. The van der Waals surface area contributed by atoms with Gasteiger partial charge in [0.2, 0.25) is 5.91 Å². The summed E-state index contributed by atoms with van der Waals surface area (Å²) in [7, 11) is 0. The van der Waals surface area contributed by atoms with E-state index in [0.717, 1.165) is 6.20 Å². The number of carboxylic acids is 1. The molecule has 1 aromatic heterocycles. The first-order valence-electron chi connectivity index (χ1n) is 4.46. The molecule has 4 N–H and O–H groups in total. The number of anilines is 1. The van der Waals surface area contributed by atoms with E-state index in [4.69, 9.17) is 10.8 Å². The first kappa shape index (κ1) is 11.9. The average molecular weight is 224 g/mol. The third-order valence-corrected chi connectivity index (χ3v) is 1.91. The molecule has 0 aliphatic carbocycles. The number of aromatic nitrogens is 2. The van der Waals surface area contributed by atoms with Gasteiger partial charge in [0, 0.05) is 0 Å². The van der Waals surface area contributed by atoms with Gasteiger partial charge in [-0.2, -0.15) is 0 Å². The topological polar surface area (TPSA) is 118 Å². The van der Waals surface area contributed by atoms with Crippen LogP contribution in [0.4, 0.5) is 5.82 Å². The summed E-state index contributed by atoms with van der Waals surface area (Å²) < 4.78 is 0. The van der Waals surface area contributed by atoms with Crippen molar-refractivity contribution in [3.05, 3.63) is 18.1 Å². The van der Waals surface area contributed by atoms with Gasteiger partial charge in [0.25, 0.3) is 0 Å². The molecule has 0 spiro atoms. The fourth-order valence-corrected chi connectivity index (χ4v) is 0.911. The summed E-state index contributed by atoms with van der Waals surface area (Å²) in [5.41, 5.74) is 3.92. The SMILES string of the molecule is CC(C)(Nc1cncc(C(=O)O)n1)C(N)=O. The molecule has 0 radical (unpaired) electrons. The molecule has 0 unspecified atom stereocenters. The number of hydrogen-bond acceptors (Lipinski definition) is 5. The van der Waals surface area contributed by atoms with Gasteiger partial charge in [0.15, 0.2) is 5.69 Å². The Morgan fingerprint density at radius 3 is 2.56 bits per heavy atom. The van der Waals surface area contributed by atoms with Crippen LogP contribution in [0.5, 0.6) is 0 Å². The maximum absolute atomic E-state index is 11.0. The minimum atomic E-state index is -1.19. The number of aromatic carboxylic acids is 1. The number of hydrogen-bond donors (Lipinski definition) is 3. The average Bonchev–Trinajstić information content (AvgIpc) is 2.17. The number of nitrogens with one attached hydrogen (secondary N) is 1. The summed E-state index contributed by atoms with van der Waals surface area (Å²) in [5, 5.41) is 11.4. The molecule has 0 aliphatic heterocycles. The monoisotopic (exact) mass is 224 g/mol. The zero-order valence-corrected chi connectivity index (χ0v) is 8.89. The van der Waals surface area contributed by atoms with Gasteiger partial charge in [0.05, 0.1) is 12.4 Å². The van der Waals surface area contributed by atoms with Gasteiger partial charge in [-0.15, -0.1) is 0 Å². The van der Waals surface area contributed by atoms with E-state index in [1.54, 1.807) is 13.8 Å². The molecule has 1 aromatic rings. The van der Waals surface area contributed by atoms with Gasteiger partial charge in [-0.3, -0.25) is 9.78 Å². The highest BCUT2D eigenvalue weighted by Gasteiger charge is 2.25. The van der Waals surface area contributed by atoms with Crippen molar-refractivity contribution in [1.29, 1.82) is 0 Å². The Morgan fingerprint density at radius 2 is 2.06 bits per heavy atom. The molecule has 0 aromatic carbocycles. The number of carbonyl (C=O) groups excluding carboxylic acids is 1. The molecule has 7 nitrogen and oxygen atoms in total. The van der Waals surface area contributed by atoms with Gasteiger partial charge in [-0.1, -0.05) is 0 Å². The maximum atomic E-state index is 11.0. The van der Waals surface area contributed by atoms with Gasteiger partial charge >= 0.3 is 5.97 Å². The highest BCUT2D eigenvalue weighted by atomic mass is 16.4. The molecular formula is C9H12N4O3. The summed E-state index contributed by atoms with van der Waals surface area (Å²) in [6.07, 6.45) is 2.43. The van der Waals surface area contributed by atoms with Crippen molar-refractivity contribution in [2.75, 3.05) is 5.32 Å². The molecule has 86 valence electrons. The zero-order chi connectivity index (χ0) is 12.3. The fraction of sp³-hybridized carbons (Fsp3) is 0.333. The van der Waals surface area contributed by atoms with Crippen molar-refractivity contribution in [3.63, 3.8) is 0 Å². The summed E-state index contributed by atoms with van der Waals surface area (Å²) >= 11 is 0. The van der Waals surface area contributed by atoms with E-state index in [9.17, 15) is 9.59 Å². The minimum absolute atomic E-state index is 0.184. The number of carbonyl (C=O) groups is 2. The number of primary amides is 1. The second kappa shape index (κ2) is 4.13. The van der Waals surface area contributed by atoms with E-state index in [0.29, 0.717) is 0 Å². The van der Waals surface area contributed by atoms with E-state index >= 15 is 0 Å². The van der Waals surface area contributed by atoms with Crippen LogP contribution >= 0.6 is 0 Å². The Kier molecular flexibility index (Phi) is 3.07. The Bertz CT molecular complexity index is 431. The minimum Gasteiger partial charge on any atom is -0.476 e. The molecule has 0 aliphatic rings. The maximum Gasteiger partial charge on any atom is 0.356 e. The molecule has 16 heavy (non-hydrogen) atoms. The predicted octanol–water partition coefficient (Wildman–Crippen LogP) is -0.149. The van der Waals surface area contributed by atoms with Gasteiger partial charge < -0.3 is 16.2 Å². The number of amides is 1. The van der Waals surface area contributed by atoms with Crippen LogP contribution < -0.4 is 11.1 Å². The number of rotatable bonds is 4. The second-order valence-corrected chi connectivity index (χ2v) is 3.71. The predicted molar refractivity (Wildman–Crippen MR) is 55.9 cm³/mol. The van der Waals surface area contributed by atoms with Crippen molar-refractivity contribution >= 4 is 17.7 Å². The van der Waals surface area contributed by atoms with Crippen LogP contribution in [-0.2, 0) is 4.79 Å². The van der Waals surface area contributed by atoms with Crippen molar-refractivity contribution < 1.29 is 14.7 Å². The lowest BCUT2D eigenvalue weighted by Crippen LogP contribution is -2.45. The molecule has 0 bridgehead atoms. The van der Waals surface area contributed by atoms with E-state index in [1.165, 1.54) is 6.20 Å². The summed E-state index contributed by atoms with van der Waals surface area (Å²) in [4.78, 5) is 29.1. The van der Waals surface area contributed by atoms with E-state index in [-0.39, 0.29) is 11.5 Å². The second-order valence-electron chi connectivity index (χ2n) is 3.71. The van der Waals surface area contributed by atoms with Crippen molar-refractivity contribution in [1.82, 2.24) is 9.97 Å². The van der Waals surface area contributed by atoms with E-state index in [2.05, 4.69) is 15.3 Å². The summed E-state index contributed by atoms with van der Waals surface area (Å²) in [6.45, 7) is 3.12. The normalized spacial score (nSPS) is 10.9. The number of carboxylic acid groups (broad SMARTS) is 1. The Balaban J connectivity index is 2.94. The van der Waals surface area contributed by atoms with Gasteiger partial charge in [-0.05, 0) is 13.8 Å². The lowest BCUT2D eigenvalue weighted by Gasteiger charge is -2.22. The Labute approximate surface area is 91.7 Å². The molecule has 0 saturated carbocycles. The van der Waals surface area contributed by atoms with Crippen LogP contribution in [0.25, 0.3) is 0 Å². The van der Waals surface area contributed by atoms with Gasteiger partial charge in [-0.25, -0.2) is 9.78 Å². The molecule has 0 saturated heterocycles. The summed E-state index contributed by atoms with van der Waals surface area (Å²) in [5.74, 6) is -1.58. The van der Waals surface area contributed by atoms with Gasteiger partial charge in [0.1, 0.15) is 11.4 Å². The Morgan fingerprint density at radius 1 is 1.44 bits per heavy atom. The first-order valence-corrected chi connectivity index (χ1v) is 4.46. The fourth-order valence-electron chi connectivity index (χ4n) is 0.911. The number of nitrogens with zero attached hydrogens (tertiary/aromatic N) is 2. The van der Waals surface area contributed by atoms with Crippen LogP contribution in [0.3, 0.4) is 0 Å². The van der Waals surface area contributed by atoms with Crippen LogP contribution in [0.2, 0.25) is 0 Å².